The molecule has 2 aromatic rings. The molecule has 2 rings (SSSR count). The molecular formula is C28H39O11PS. The van der Waals surface area contributed by atoms with Crippen molar-refractivity contribution in [2.45, 2.75) is 84.5 Å². The van der Waals surface area contributed by atoms with Crippen molar-refractivity contribution in [1.29, 1.82) is 0 Å². The van der Waals surface area contributed by atoms with Gasteiger partial charge in [0.15, 0.2) is 0 Å². The lowest BCUT2D eigenvalue weighted by Gasteiger charge is -2.31. The Hall–Kier alpha value is -2.76. The quantitative estimate of drug-likeness (QED) is 0.0875. The van der Waals surface area contributed by atoms with Crippen LogP contribution in [0.3, 0.4) is 0 Å². The fourth-order valence-electron chi connectivity index (χ4n) is 3.64. The van der Waals surface area contributed by atoms with Crippen LogP contribution in [0.2, 0.25) is 0 Å². The van der Waals surface area contributed by atoms with E-state index in [2.05, 4.69) is 0 Å². The highest BCUT2D eigenvalue weighted by atomic mass is 32.2. The van der Waals surface area contributed by atoms with Gasteiger partial charge < -0.3 is 14.2 Å². The van der Waals surface area contributed by atoms with Gasteiger partial charge in [-0.15, -0.1) is 0 Å². The molecule has 0 aliphatic rings. The Kier molecular flexibility index (Phi) is 14.0. The Morgan fingerprint density at radius 1 is 0.829 bits per heavy atom. The lowest BCUT2D eigenvalue weighted by molar-refractivity contribution is -0.171. The van der Waals surface area contributed by atoms with Crippen molar-refractivity contribution in [2.75, 3.05) is 5.75 Å². The van der Waals surface area contributed by atoms with Gasteiger partial charge in [-0.25, -0.2) is 0 Å². The third-order valence-electron chi connectivity index (χ3n) is 5.79. The molecule has 1 N–H and O–H groups in total. The highest BCUT2D eigenvalue weighted by Crippen LogP contribution is 2.57. The van der Waals surface area contributed by atoms with Crippen LogP contribution in [0.25, 0.3) is 0 Å². The monoisotopic (exact) mass is 614 g/mol. The molecule has 0 aliphatic heterocycles. The van der Waals surface area contributed by atoms with E-state index in [1.165, 1.54) is 0 Å². The topological polar surface area (TPSA) is 152 Å². The van der Waals surface area contributed by atoms with Crippen molar-refractivity contribution in [3.05, 3.63) is 60.2 Å². The maximum atomic E-state index is 14.4. The molecule has 0 heterocycles. The zero-order chi connectivity index (χ0) is 30.5. The summed E-state index contributed by atoms with van der Waals surface area (Å²) in [6.07, 6.45) is -2.37. The summed E-state index contributed by atoms with van der Waals surface area (Å²) >= 11 is 0. The molecule has 228 valence electrons. The van der Waals surface area contributed by atoms with Crippen LogP contribution >= 0.6 is 7.60 Å². The molecule has 0 bridgehead atoms. The Morgan fingerprint density at radius 2 is 1.37 bits per heavy atom. The molecule has 0 saturated carbocycles. The number of hydrogen-bond donors (Lipinski definition) is 1. The third-order valence-corrected chi connectivity index (χ3v) is 9.26. The molecule has 0 radical (unpaired) electrons. The predicted molar refractivity (Wildman–Crippen MR) is 152 cm³/mol. The normalized spacial score (nSPS) is 15.2. The number of carbonyl (C=O) groups is 2. The average molecular weight is 615 g/mol. The Bertz CT molecular complexity index is 1230. The standard InChI is InChI=1S/C28H39O11PS/c1-5-25(29)36-27(7-3)38-40(31,39-28(8-4)37-26(30)6-2)24(20-41(32,33)34)18-17-21-13-12-16-23(19-21)35-22-14-10-9-11-15-22/h9-16,19,24,27-28H,5-8,17-18,20H2,1-4H3,(H,32,33,34). The molecule has 0 amide bonds. The van der Waals surface area contributed by atoms with Gasteiger partial charge in [0.1, 0.15) is 11.5 Å². The first-order chi connectivity index (χ1) is 19.4. The highest BCUT2D eigenvalue weighted by molar-refractivity contribution is 7.86. The van der Waals surface area contributed by atoms with Crippen LogP contribution in [0.5, 0.6) is 11.5 Å². The molecular weight excluding hydrogens is 575 g/mol. The lowest BCUT2D eigenvalue weighted by Crippen LogP contribution is -2.31. The van der Waals surface area contributed by atoms with Crippen molar-refractivity contribution in [3.63, 3.8) is 0 Å². The zero-order valence-electron chi connectivity index (χ0n) is 23.8. The van der Waals surface area contributed by atoms with Gasteiger partial charge in [-0.3, -0.25) is 27.8 Å². The SMILES string of the molecule is CCC(=O)OC(CC)OP(=O)(OC(CC)OC(=O)CC)C(CCc1cccc(Oc2ccccc2)c1)CS(=O)(=O)O. The second-order valence-electron chi connectivity index (χ2n) is 9.12. The van der Waals surface area contributed by atoms with E-state index in [1.807, 2.05) is 18.2 Å². The summed E-state index contributed by atoms with van der Waals surface area (Å²) in [5, 5.41) is 0. The molecule has 3 unspecified atom stereocenters. The van der Waals surface area contributed by atoms with E-state index in [4.69, 9.17) is 23.3 Å². The second-order valence-corrected chi connectivity index (χ2v) is 12.8. The molecule has 0 spiro atoms. The molecule has 3 atom stereocenters. The van der Waals surface area contributed by atoms with Gasteiger partial charge in [-0.1, -0.05) is 58.0 Å². The number of benzene rings is 2. The van der Waals surface area contributed by atoms with Crippen molar-refractivity contribution in [3.8, 4) is 11.5 Å². The molecule has 0 saturated heterocycles. The molecule has 0 aromatic heterocycles. The fraction of sp³-hybridized carbons (Fsp3) is 0.500. The number of aryl methyl sites for hydroxylation is 1. The van der Waals surface area contributed by atoms with Gasteiger partial charge in [0.2, 0.25) is 12.6 Å². The molecule has 11 nitrogen and oxygen atoms in total. The average Bonchev–Trinajstić information content (AvgIpc) is 2.94. The Balaban J connectivity index is 2.39. The van der Waals surface area contributed by atoms with Crippen molar-refractivity contribution in [2.24, 2.45) is 0 Å². The predicted octanol–water partition coefficient (Wildman–Crippen LogP) is 6.27. The van der Waals surface area contributed by atoms with Crippen molar-refractivity contribution < 1.29 is 50.4 Å². The van der Waals surface area contributed by atoms with Gasteiger partial charge in [-0.2, -0.15) is 8.42 Å². The summed E-state index contributed by atoms with van der Waals surface area (Å²) in [6, 6.07) is 16.2. The summed E-state index contributed by atoms with van der Waals surface area (Å²) in [5.74, 6) is -1.07. The van der Waals surface area contributed by atoms with Crippen LogP contribution in [0.15, 0.2) is 54.6 Å². The molecule has 13 heteroatoms. The van der Waals surface area contributed by atoms with Gasteiger partial charge in [0.25, 0.3) is 10.1 Å². The van der Waals surface area contributed by atoms with Gasteiger partial charge in [0.05, 0.1) is 11.4 Å². The third kappa shape index (κ3) is 12.3. The second kappa shape index (κ2) is 16.6. The maximum Gasteiger partial charge on any atom is 0.341 e. The molecule has 0 aliphatic carbocycles. The Morgan fingerprint density at radius 3 is 1.85 bits per heavy atom. The number of esters is 2. The minimum Gasteiger partial charge on any atom is -0.457 e. The summed E-state index contributed by atoms with van der Waals surface area (Å²) in [7, 11) is -9.21. The van der Waals surface area contributed by atoms with E-state index in [0.717, 1.165) is 5.56 Å². The fourth-order valence-corrected chi connectivity index (χ4v) is 7.47. The van der Waals surface area contributed by atoms with E-state index >= 15 is 0 Å². The number of rotatable bonds is 18. The first-order valence-electron chi connectivity index (χ1n) is 13.5. The van der Waals surface area contributed by atoms with Crippen LogP contribution in [0, 0.1) is 0 Å². The minimum absolute atomic E-state index is 0.0204. The van der Waals surface area contributed by atoms with E-state index in [0.29, 0.717) is 11.5 Å². The van der Waals surface area contributed by atoms with Gasteiger partial charge in [0, 0.05) is 25.7 Å². The van der Waals surface area contributed by atoms with Crippen molar-refractivity contribution >= 4 is 29.7 Å². The van der Waals surface area contributed by atoms with Gasteiger partial charge >= 0.3 is 19.5 Å². The zero-order valence-corrected chi connectivity index (χ0v) is 25.5. The van der Waals surface area contributed by atoms with E-state index in [9.17, 15) is 27.1 Å². The Labute approximate surface area is 241 Å². The summed E-state index contributed by atoms with van der Waals surface area (Å²) in [5.41, 5.74) is -0.681. The minimum atomic E-state index is -4.67. The lowest BCUT2D eigenvalue weighted by atomic mass is 10.1. The van der Waals surface area contributed by atoms with E-state index in [-0.39, 0.29) is 38.5 Å². The smallest absolute Gasteiger partial charge is 0.341 e. The van der Waals surface area contributed by atoms with E-state index in [1.54, 1.807) is 64.1 Å². The first-order valence-corrected chi connectivity index (χ1v) is 16.8. The van der Waals surface area contributed by atoms with Crippen LogP contribution in [-0.2, 0) is 49.2 Å². The number of carbonyl (C=O) groups excluding carboxylic acids is 2. The van der Waals surface area contributed by atoms with Crippen LogP contribution in [-0.4, -0.2) is 48.9 Å². The number of para-hydroxylation sites is 1. The van der Waals surface area contributed by atoms with Crippen LogP contribution in [0.1, 0.15) is 65.4 Å². The summed E-state index contributed by atoms with van der Waals surface area (Å²) < 4.78 is 76.0. The molecule has 41 heavy (non-hydrogen) atoms. The molecule has 0 fully saturated rings. The number of hydrogen-bond acceptors (Lipinski definition) is 10. The van der Waals surface area contributed by atoms with Crippen LogP contribution in [0.4, 0.5) is 0 Å². The summed E-state index contributed by atoms with van der Waals surface area (Å²) in [6.45, 7) is 6.36. The first kappa shape index (κ1) is 34.4. The highest BCUT2D eigenvalue weighted by Gasteiger charge is 2.43. The number of ether oxygens (including phenoxy) is 3. The molecule has 2 aromatic carbocycles. The maximum absolute atomic E-state index is 14.4. The summed E-state index contributed by atoms with van der Waals surface area (Å²) in [4.78, 5) is 23.9. The van der Waals surface area contributed by atoms with Crippen molar-refractivity contribution in [1.82, 2.24) is 0 Å². The van der Waals surface area contributed by atoms with Gasteiger partial charge in [-0.05, 0) is 42.7 Å². The largest absolute Gasteiger partial charge is 0.457 e. The van der Waals surface area contributed by atoms with Crippen LogP contribution < -0.4 is 4.74 Å². The van der Waals surface area contributed by atoms with E-state index < -0.39 is 53.6 Å².